The molecule has 0 aromatic heterocycles. The fraction of sp³-hybridized carbons (Fsp3) is 0.388. The first kappa shape index (κ1) is 76.8. The number of carbonyl (C=O) groups is 4. The van der Waals surface area contributed by atoms with Gasteiger partial charge in [-0.2, -0.15) is 0 Å². The van der Waals surface area contributed by atoms with Crippen LogP contribution in [0.25, 0.3) is 0 Å². The molecule has 24 heteroatoms. The zero-order valence-electron chi connectivity index (χ0n) is 60.4. The highest BCUT2D eigenvalue weighted by Crippen LogP contribution is 2.45. The van der Waals surface area contributed by atoms with Gasteiger partial charge in [-0.1, -0.05) is 208 Å². The van der Waals surface area contributed by atoms with Crippen molar-refractivity contribution >= 4 is 23.9 Å². The molecule has 109 heavy (non-hydrogen) atoms. The molecule has 0 saturated carbocycles. The van der Waals surface area contributed by atoms with Gasteiger partial charge in [0.25, 0.3) is 0 Å². The minimum absolute atomic E-state index is 0.00445. The number of esters is 4. The van der Waals surface area contributed by atoms with Gasteiger partial charge in [-0.15, -0.1) is 0 Å². The van der Waals surface area contributed by atoms with Crippen molar-refractivity contribution in [3.63, 3.8) is 0 Å². The molecule has 6 aliphatic heterocycles. The standard InChI is InChI=1S/C85H89NO23/c1-52-66(62(48-92-46-54-28-12-4-13-29-54)97-82(94-45-44-86)68(52)101-76(87)56-32-16-6-17-33-56)106-85-75(104-79(90)59-38-22-9-23-39-59)73(71-65(100-85)51-96-81(108-71)61-42-26-11-27-43-61)109-83-69(102-77(88)57-34-18-7-19-35-57)53(2)67(63(98-83)49-93-47-55-30-14-5-15-31-55)105-84-74(103-78(89)58-36-20-8-21-37-58)72(91-3)70-64(99-84)50-95-80(107-70)60-40-24-10-25-41-60/h4-43,52-53,62-75,80-85H,44-51,86H2,1-3H3. The van der Waals surface area contributed by atoms with E-state index < -0.39 is 159 Å². The summed E-state index contributed by atoms with van der Waals surface area (Å²) < 4.78 is 129. The Kier molecular flexibility index (Phi) is 26.2. The summed E-state index contributed by atoms with van der Waals surface area (Å²) in [6.07, 6.45) is -24.4. The first-order chi connectivity index (χ1) is 53.4. The van der Waals surface area contributed by atoms with Crippen LogP contribution >= 0.6 is 0 Å². The van der Waals surface area contributed by atoms with E-state index in [1.807, 2.05) is 128 Å². The maximum atomic E-state index is 15.2. The van der Waals surface area contributed by atoms with Gasteiger partial charge >= 0.3 is 23.9 Å². The van der Waals surface area contributed by atoms with Crippen LogP contribution in [0.15, 0.2) is 243 Å². The first-order valence-corrected chi connectivity index (χ1v) is 36.8. The molecule has 6 saturated heterocycles. The highest BCUT2D eigenvalue weighted by Gasteiger charge is 2.61. The van der Waals surface area contributed by atoms with E-state index >= 15 is 9.59 Å². The SMILES string of the molecule is COC1C2OC(c3ccccc3)OCC2OC(OC2C(COCc3ccccc3)OC(OC3C4OC(c5ccccc5)OCC4OC(OC4C(COCc5ccccc5)OC(OCCN)C(OC(=O)c5ccccc5)C4C)C3OC(=O)c3ccccc3)C(OC(=O)c3ccccc3)C2C)C1OC(=O)c1ccccc1. The molecule has 22 atom stereocenters. The Morgan fingerprint density at radius 1 is 0.367 bits per heavy atom. The number of fused-ring (bicyclic) bond motifs is 2. The number of methoxy groups -OCH3 is 1. The summed E-state index contributed by atoms with van der Waals surface area (Å²) in [7, 11) is 1.49. The van der Waals surface area contributed by atoms with E-state index in [0.29, 0.717) is 5.56 Å². The van der Waals surface area contributed by atoms with Crippen molar-refractivity contribution in [2.75, 3.05) is 46.7 Å². The Morgan fingerprint density at radius 3 is 1.07 bits per heavy atom. The molecule has 2 N–H and O–H groups in total. The molecule has 0 spiro atoms. The summed E-state index contributed by atoms with van der Waals surface area (Å²) >= 11 is 0. The van der Waals surface area contributed by atoms with Crippen LogP contribution in [0.4, 0.5) is 0 Å². The van der Waals surface area contributed by atoms with Crippen LogP contribution in [0.1, 0.15) is 90.1 Å². The van der Waals surface area contributed by atoms with Crippen molar-refractivity contribution in [1.82, 2.24) is 0 Å². The molecule has 14 rings (SSSR count). The maximum Gasteiger partial charge on any atom is 0.338 e. The zero-order chi connectivity index (χ0) is 75.0. The topological polar surface area (TPSA) is 270 Å². The first-order valence-electron chi connectivity index (χ1n) is 36.8. The molecule has 6 fully saturated rings. The average Bonchev–Trinajstić information content (AvgIpc) is 0.754. The van der Waals surface area contributed by atoms with Crippen LogP contribution in [0.2, 0.25) is 0 Å². The summed E-state index contributed by atoms with van der Waals surface area (Å²) in [5.41, 5.74) is 10.0. The van der Waals surface area contributed by atoms with Crippen molar-refractivity contribution in [2.24, 2.45) is 17.6 Å². The lowest BCUT2D eigenvalue weighted by atomic mass is 9.89. The minimum atomic E-state index is -1.64. The second-order valence-corrected chi connectivity index (χ2v) is 27.4. The number of rotatable bonds is 28. The van der Waals surface area contributed by atoms with Gasteiger partial charge in [-0.25, -0.2) is 19.2 Å². The Labute approximate surface area is 631 Å². The van der Waals surface area contributed by atoms with Gasteiger partial charge in [0.05, 0.1) is 80.7 Å². The number of benzene rings is 8. The summed E-state index contributed by atoms with van der Waals surface area (Å²) in [6, 6.07) is 71.5. The van der Waals surface area contributed by atoms with Crippen LogP contribution < -0.4 is 5.73 Å². The van der Waals surface area contributed by atoms with E-state index in [1.165, 1.54) is 7.11 Å². The summed E-state index contributed by atoms with van der Waals surface area (Å²) in [6.45, 7) is 3.59. The molecule has 0 bridgehead atoms. The smallest absolute Gasteiger partial charge is 0.338 e. The molecule has 6 aliphatic rings. The third-order valence-electron chi connectivity index (χ3n) is 20.0. The lowest BCUT2D eigenvalue weighted by Gasteiger charge is -2.53. The lowest BCUT2D eigenvalue weighted by molar-refractivity contribution is -0.408. The molecule has 0 radical (unpaired) electrons. The van der Waals surface area contributed by atoms with Gasteiger partial charge in [0.1, 0.15) is 48.8 Å². The van der Waals surface area contributed by atoms with E-state index in [-0.39, 0.29) is 75.0 Å². The highest BCUT2D eigenvalue weighted by molar-refractivity contribution is 5.91. The third kappa shape index (κ3) is 18.7. The molecule has 572 valence electrons. The van der Waals surface area contributed by atoms with E-state index in [0.717, 1.165) is 16.7 Å². The van der Waals surface area contributed by atoms with Gasteiger partial charge in [0, 0.05) is 36.6 Å². The minimum Gasteiger partial charge on any atom is -0.453 e. The Morgan fingerprint density at radius 2 is 0.688 bits per heavy atom. The van der Waals surface area contributed by atoms with Gasteiger partial charge in [-0.05, 0) is 59.7 Å². The Hall–Kier alpha value is -9.00. The number of carbonyl (C=O) groups excluding carboxylic acids is 4. The van der Waals surface area contributed by atoms with Crippen LogP contribution in [0.3, 0.4) is 0 Å². The highest BCUT2D eigenvalue weighted by atomic mass is 16.8. The van der Waals surface area contributed by atoms with Gasteiger partial charge in [0.15, 0.2) is 62.2 Å². The molecule has 22 unspecified atom stereocenters. The van der Waals surface area contributed by atoms with Crippen LogP contribution in [-0.2, 0) is 103 Å². The monoisotopic (exact) mass is 1490 g/mol. The van der Waals surface area contributed by atoms with Crippen molar-refractivity contribution in [1.29, 1.82) is 0 Å². The number of ether oxygens (including phenoxy) is 19. The fourth-order valence-electron chi connectivity index (χ4n) is 14.5. The van der Waals surface area contributed by atoms with Crippen LogP contribution in [0.5, 0.6) is 0 Å². The van der Waals surface area contributed by atoms with Gasteiger partial charge in [0.2, 0.25) is 0 Å². The van der Waals surface area contributed by atoms with E-state index in [2.05, 4.69) is 0 Å². The van der Waals surface area contributed by atoms with Gasteiger partial charge in [-0.3, -0.25) is 0 Å². The molecular weight excluding hydrogens is 1400 g/mol. The van der Waals surface area contributed by atoms with Crippen LogP contribution in [0, 0.1) is 11.8 Å². The molecule has 0 aliphatic carbocycles. The molecular formula is C85H89NO23. The Balaban J connectivity index is 0.861. The van der Waals surface area contributed by atoms with Crippen molar-refractivity contribution in [3.8, 4) is 0 Å². The summed E-state index contributed by atoms with van der Waals surface area (Å²) in [5, 5.41) is 0. The number of hydrogen-bond donors (Lipinski definition) is 1. The van der Waals surface area contributed by atoms with Crippen molar-refractivity contribution < 1.29 is 109 Å². The largest absolute Gasteiger partial charge is 0.453 e. The van der Waals surface area contributed by atoms with E-state index in [1.54, 1.807) is 128 Å². The van der Waals surface area contributed by atoms with E-state index in [9.17, 15) is 9.59 Å². The molecule has 24 nitrogen and oxygen atoms in total. The second kappa shape index (κ2) is 37.1. The summed E-state index contributed by atoms with van der Waals surface area (Å²) in [5.74, 6) is -4.75. The molecule has 0 amide bonds. The maximum absolute atomic E-state index is 15.2. The summed E-state index contributed by atoms with van der Waals surface area (Å²) in [4.78, 5) is 59.1. The van der Waals surface area contributed by atoms with Gasteiger partial charge < -0.3 is 95.7 Å². The molecule has 6 heterocycles. The molecule has 8 aromatic rings. The second-order valence-electron chi connectivity index (χ2n) is 27.4. The average molecular weight is 1490 g/mol. The van der Waals surface area contributed by atoms with Crippen LogP contribution in [-0.4, -0.2) is 181 Å². The lowest BCUT2D eigenvalue weighted by Crippen LogP contribution is -2.68. The Bertz CT molecular complexity index is 4150. The molecule has 8 aromatic carbocycles. The quantitative estimate of drug-likeness (QED) is 0.0352. The predicted octanol–water partition coefficient (Wildman–Crippen LogP) is 10.9. The normalized spacial score (nSPS) is 30.8. The number of nitrogens with two attached hydrogens (primary N) is 1. The van der Waals surface area contributed by atoms with E-state index in [4.69, 9.17) is 95.7 Å². The fourth-order valence-corrected chi connectivity index (χ4v) is 14.5. The number of hydrogen-bond acceptors (Lipinski definition) is 24. The van der Waals surface area contributed by atoms with Crippen molar-refractivity contribution in [2.45, 2.75) is 150 Å². The third-order valence-corrected chi connectivity index (χ3v) is 20.0. The predicted molar refractivity (Wildman–Crippen MR) is 388 cm³/mol. The van der Waals surface area contributed by atoms with Crippen molar-refractivity contribution in [3.05, 3.63) is 287 Å². The zero-order valence-corrected chi connectivity index (χ0v) is 60.4.